The van der Waals surface area contributed by atoms with Crippen LogP contribution in [0.15, 0.2) is 6.20 Å². The number of nitrogens with one attached hydrogen (secondary N) is 1. The number of aromatic amines is 1. The Morgan fingerprint density at radius 3 is 2.94 bits per heavy atom. The van der Waals surface area contributed by atoms with Crippen LogP contribution < -0.4 is 11.5 Å². The summed E-state index contributed by atoms with van der Waals surface area (Å²) in [5, 5.41) is 0. The van der Waals surface area contributed by atoms with Crippen molar-refractivity contribution >= 4 is 5.91 Å². The molecular weight excluding hydrogens is 216 g/mol. The van der Waals surface area contributed by atoms with Gasteiger partial charge in [0, 0.05) is 18.3 Å². The number of rotatable bonds is 6. The molecule has 0 aliphatic heterocycles. The van der Waals surface area contributed by atoms with E-state index in [0.717, 1.165) is 25.0 Å². The van der Waals surface area contributed by atoms with Crippen molar-refractivity contribution < 1.29 is 4.79 Å². The maximum atomic E-state index is 11.1. The number of amides is 1. The van der Waals surface area contributed by atoms with Crippen LogP contribution in [0.5, 0.6) is 0 Å². The summed E-state index contributed by atoms with van der Waals surface area (Å²) < 4.78 is 0. The highest BCUT2D eigenvalue weighted by Crippen LogP contribution is 2.09. The minimum atomic E-state index is -1.47. The van der Waals surface area contributed by atoms with E-state index >= 15 is 0 Å². The summed E-state index contributed by atoms with van der Waals surface area (Å²) in [5.74, 6) is 2.10. The first-order chi connectivity index (χ1) is 8.01. The summed E-state index contributed by atoms with van der Waals surface area (Å²) in [6.07, 6.45) is 10.2. The van der Waals surface area contributed by atoms with Gasteiger partial charge in [-0.25, -0.2) is 4.98 Å². The number of aryl methyl sites for hydroxylation is 1. The first kappa shape index (κ1) is 13.3. The summed E-state index contributed by atoms with van der Waals surface area (Å²) in [5.41, 5.74) is 10.4. The number of imidazole rings is 1. The molecule has 5 heteroatoms. The van der Waals surface area contributed by atoms with E-state index in [1.54, 1.807) is 6.20 Å². The lowest BCUT2D eigenvalue weighted by atomic mass is 9.97. The molecule has 0 aliphatic carbocycles. The average Bonchev–Trinajstić information content (AvgIpc) is 2.73. The highest BCUT2D eigenvalue weighted by Gasteiger charge is 2.30. The van der Waals surface area contributed by atoms with E-state index in [1.807, 2.05) is 0 Å². The van der Waals surface area contributed by atoms with Crippen molar-refractivity contribution in [2.75, 3.05) is 0 Å². The molecule has 0 bridgehead atoms. The fraction of sp³-hybridized carbons (Fsp3) is 0.500. The van der Waals surface area contributed by atoms with Crippen LogP contribution in [0.1, 0.15) is 31.3 Å². The van der Waals surface area contributed by atoms with Gasteiger partial charge in [0.15, 0.2) is 5.54 Å². The summed E-state index contributed by atoms with van der Waals surface area (Å²) in [6.45, 7) is 2.12. The van der Waals surface area contributed by atoms with Gasteiger partial charge < -0.3 is 16.5 Å². The number of H-pyrrole nitrogens is 1. The number of unbranched alkanes of at least 4 members (excludes halogenated alkanes) is 1. The maximum Gasteiger partial charge on any atom is 0.250 e. The minimum Gasteiger partial charge on any atom is -0.367 e. The van der Waals surface area contributed by atoms with Crippen molar-refractivity contribution in [1.29, 1.82) is 0 Å². The van der Waals surface area contributed by atoms with E-state index in [9.17, 15) is 4.79 Å². The number of carbonyl (C=O) groups is 1. The van der Waals surface area contributed by atoms with Crippen molar-refractivity contribution in [2.45, 2.75) is 38.1 Å². The number of nitrogens with two attached hydrogens (primary N) is 2. The lowest BCUT2D eigenvalue weighted by molar-refractivity contribution is -0.121. The Labute approximate surface area is 101 Å². The van der Waals surface area contributed by atoms with Gasteiger partial charge in [-0.2, -0.15) is 0 Å². The van der Waals surface area contributed by atoms with Crippen molar-refractivity contribution in [3.05, 3.63) is 17.7 Å². The Balaban J connectivity index is 2.72. The Kier molecular flexibility index (Phi) is 4.30. The normalized spacial score (nSPS) is 13.9. The predicted octanol–water partition coefficient (Wildman–Crippen LogP) is 0.111. The van der Waals surface area contributed by atoms with E-state index < -0.39 is 11.4 Å². The second kappa shape index (κ2) is 5.51. The number of primary amides is 1. The molecule has 0 radical (unpaired) electrons. The van der Waals surface area contributed by atoms with Crippen LogP contribution in [0.3, 0.4) is 0 Å². The lowest BCUT2D eigenvalue weighted by Gasteiger charge is -2.17. The van der Waals surface area contributed by atoms with Crippen molar-refractivity contribution in [1.82, 2.24) is 9.97 Å². The SMILES string of the molecule is C#CC(N)(Cc1ncc(CCCC)[nH]1)C(N)=O. The molecule has 1 aromatic rings. The fourth-order valence-electron chi connectivity index (χ4n) is 1.46. The second-order valence-electron chi connectivity index (χ2n) is 4.12. The molecule has 5 N–H and O–H groups in total. The van der Waals surface area contributed by atoms with Gasteiger partial charge in [-0.1, -0.05) is 19.3 Å². The molecule has 1 aromatic heterocycles. The fourth-order valence-corrected chi connectivity index (χ4v) is 1.46. The van der Waals surface area contributed by atoms with Gasteiger partial charge in [0.25, 0.3) is 0 Å². The highest BCUT2D eigenvalue weighted by atomic mass is 16.1. The zero-order valence-corrected chi connectivity index (χ0v) is 9.99. The molecule has 0 fully saturated rings. The molecule has 0 aliphatic rings. The quantitative estimate of drug-likeness (QED) is 0.609. The predicted molar refractivity (Wildman–Crippen MR) is 65.8 cm³/mol. The highest BCUT2D eigenvalue weighted by molar-refractivity contribution is 5.88. The van der Waals surface area contributed by atoms with E-state index in [4.69, 9.17) is 17.9 Å². The van der Waals surface area contributed by atoms with Gasteiger partial charge in [0.05, 0.1) is 0 Å². The zero-order chi connectivity index (χ0) is 12.9. The van der Waals surface area contributed by atoms with Crippen LogP contribution in [0.25, 0.3) is 0 Å². The number of hydrogen-bond donors (Lipinski definition) is 3. The van der Waals surface area contributed by atoms with Gasteiger partial charge in [-0.05, 0) is 12.8 Å². The van der Waals surface area contributed by atoms with Crippen LogP contribution in [0, 0.1) is 12.3 Å². The van der Waals surface area contributed by atoms with Gasteiger partial charge in [0.2, 0.25) is 5.91 Å². The monoisotopic (exact) mass is 234 g/mol. The zero-order valence-electron chi connectivity index (χ0n) is 9.99. The van der Waals surface area contributed by atoms with Crippen LogP contribution in [0.2, 0.25) is 0 Å². The number of terminal acetylenes is 1. The van der Waals surface area contributed by atoms with Gasteiger partial charge in [-0.15, -0.1) is 6.42 Å². The summed E-state index contributed by atoms with van der Waals surface area (Å²) in [7, 11) is 0. The third kappa shape index (κ3) is 3.33. The first-order valence-corrected chi connectivity index (χ1v) is 5.61. The van der Waals surface area contributed by atoms with Crippen molar-refractivity contribution in [3.8, 4) is 12.3 Å². The summed E-state index contributed by atoms with van der Waals surface area (Å²) in [6, 6.07) is 0. The molecule has 0 saturated heterocycles. The Bertz CT molecular complexity index is 432. The lowest BCUT2D eigenvalue weighted by Crippen LogP contribution is -2.52. The largest absolute Gasteiger partial charge is 0.367 e. The minimum absolute atomic E-state index is 0.130. The Hall–Kier alpha value is -1.80. The summed E-state index contributed by atoms with van der Waals surface area (Å²) in [4.78, 5) is 18.4. The van der Waals surface area contributed by atoms with Crippen molar-refractivity contribution in [2.24, 2.45) is 11.5 Å². The van der Waals surface area contributed by atoms with Gasteiger partial charge in [-0.3, -0.25) is 4.79 Å². The number of aromatic nitrogens is 2. The molecule has 0 spiro atoms. The van der Waals surface area contributed by atoms with Crippen molar-refractivity contribution in [3.63, 3.8) is 0 Å². The second-order valence-corrected chi connectivity index (χ2v) is 4.12. The molecule has 0 aromatic carbocycles. The van der Waals surface area contributed by atoms with Crippen LogP contribution in [-0.2, 0) is 17.6 Å². The average molecular weight is 234 g/mol. The van der Waals surface area contributed by atoms with Gasteiger partial charge in [0.1, 0.15) is 5.82 Å². The molecule has 1 heterocycles. The first-order valence-electron chi connectivity index (χ1n) is 5.61. The number of hydrogen-bond acceptors (Lipinski definition) is 3. The molecule has 0 saturated carbocycles. The summed E-state index contributed by atoms with van der Waals surface area (Å²) >= 11 is 0. The maximum absolute atomic E-state index is 11.1. The number of nitrogens with zero attached hydrogens (tertiary/aromatic N) is 1. The molecule has 1 amide bonds. The van der Waals surface area contributed by atoms with E-state index in [2.05, 4.69) is 22.8 Å². The molecule has 17 heavy (non-hydrogen) atoms. The van der Waals surface area contributed by atoms with E-state index in [-0.39, 0.29) is 6.42 Å². The molecule has 1 rings (SSSR count). The molecule has 92 valence electrons. The Morgan fingerprint density at radius 2 is 2.41 bits per heavy atom. The molecule has 5 nitrogen and oxygen atoms in total. The van der Waals surface area contributed by atoms with Crippen LogP contribution in [0.4, 0.5) is 0 Å². The molecule has 1 atom stereocenters. The van der Waals surface area contributed by atoms with E-state index in [1.165, 1.54) is 0 Å². The smallest absolute Gasteiger partial charge is 0.250 e. The Morgan fingerprint density at radius 1 is 1.71 bits per heavy atom. The van der Waals surface area contributed by atoms with Gasteiger partial charge >= 0.3 is 0 Å². The number of carbonyl (C=O) groups excluding carboxylic acids is 1. The van der Waals surface area contributed by atoms with E-state index in [0.29, 0.717) is 5.82 Å². The van der Waals surface area contributed by atoms with Crippen LogP contribution >= 0.6 is 0 Å². The third-order valence-corrected chi connectivity index (χ3v) is 2.62. The van der Waals surface area contributed by atoms with Crippen LogP contribution in [-0.4, -0.2) is 21.4 Å². The third-order valence-electron chi connectivity index (χ3n) is 2.62. The molecular formula is C12H18N4O. The topological polar surface area (TPSA) is 97.8 Å². The molecule has 1 unspecified atom stereocenters. The standard InChI is InChI=1S/C12H18N4O/c1-3-5-6-9-8-15-10(16-9)7-12(14,4-2)11(13)17/h2,8H,3,5-7,14H2,1H3,(H2,13,17)(H,15,16).